The summed E-state index contributed by atoms with van der Waals surface area (Å²) in [6.07, 6.45) is 1.73. The number of nitrogens with zero attached hydrogens (tertiary/aromatic N) is 1. The Hall–Kier alpha value is -2.38. The number of amides is 1. The van der Waals surface area contributed by atoms with Crippen molar-refractivity contribution in [3.8, 4) is 5.75 Å². The molecule has 0 bridgehead atoms. The standard InChI is InChI=1S/C20H24BrN3O3/c21-17-13-16(9-10-22)7-8-19(17)27-12-4-11-23-20(25)18(24-26)14-15-5-2-1-3-6-15/h1-3,5-8,13,26H,4,9-12,14,22H2,(H,23,25). The van der Waals surface area contributed by atoms with Gasteiger partial charge in [0.1, 0.15) is 11.5 Å². The summed E-state index contributed by atoms with van der Waals surface area (Å²) in [5.74, 6) is 0.373. The molecule has 0 aliphatic rings. The molecule has 2 aromatic carbocycles. The molecule has 2 rings (SSSR count). The fraction of sp³-hybridized carbons (Fsp3) is 0.300. The summed E-state index contributed by atoms with van der Waals surface area (Å²) >= 11 is 3.49. The summed E-state index contributed by atoms with van der Waals surface area (Å²) in [4.78, 5) is 12.1. The van der Waals surface area contributed by atoms with Gasteiger partial charge in [-0.3, -0.25) is 4.79 Å². The van der Waals surface area contributed by atoms with Gasteiger partial charge in [0.15, 0.2) is 0 Å². The predicted octanol–water partition coefficient (Wildman–Crippen LogP) is 2.91. The Morgan fingerprint density at radius 1 is 1.19 bits per heavy atom. The number of nitrogens with two attached hydrogens (primary N) is 1. The van der Waals surface area contributed by atoms with Crippen molar-refractivity contribution in [2.24, 2.45) is 10.9 Å². The Morgan fingerprint density at radius 3 is 2.63 bits per heavy atom. The number of carbonyl (C=O) groups is 1. The van der Waals surface area contributed by atoms with Crippen LogP contribution in [0.15, 0.2) is 58.2 Å². The Morgan fingerprint density at radius 2 is 1.96 bits per heavy atom. The van der Waals surface area contributed by atoms with Crippen molar-refractivity contribution in [2.75, 3.05) is 19.7 Å². The molecule has 0 saturated heterocycles. The zero-order valence-corrected chi connectivity index (χ0v) is 16.6. The molecule has 7 heteroatoms. The maximum atomic E-state index is 12.1. The van der Waals surface area contributed by atoms with Gasteiger partial charge in [-0.2, -0.15) is 0 Å². The van der Waals surface area contributed by atoms with Gasteiger partial charge < -0.3 is 21.0 Å². The summed E-state index contributed by atoms with van der Waals surface area (Å²) in [5, 5.41) is 15.0. The average Bonchev–Trinajstić information content (AvgIpc) is 2.68. The zero-order chi connectivity index (χ0) is 19.5. The van der Waals surface area contributed by atoms with E-state index in [4.69, 9.17) is 15.7 Å². The van der Waals surface area contributed by atoms with E-state index in [1.165, 1.54) is 0 Å². The van der Waals surface area contributed by atoms with Crippen LogP contribution >= 0.6 is 15.9 Å². The van der Waals surface area contributed by atoms with E-state index in [0.717, 1.165) is 27.8 Å². The van der Waals surface area contributed by atoms with E-state index in [0.29, 0.717) is 26.1 Å². The smallest absolute Gasteiger partial charge is 0.269 e. The van der Waals surface area contributed by atoms with Gasteiger partial charge in [-0.1, -0.05) is 41.6 Å². The number of halogens is 1. The predicted molar refractivity (Wildman–Crippen MR) is 109 cm³/mol. The van der Waals surface area contributed by atoms with Crippen LogP contribution in [0.4, 0.5) is 0 Å². The number of hydrogen-bond donors (Lipinski definition) is 3. The molecule has 0 atom stereocenters. The summed E-state index contributed by atoms with van der Waals surface area (Å²) in [6.45, 7) is 1.49. The lowest BCUT2D eigenvalue weighted by Crippen LogP contribution is -2.33. The van der Waals surface area contributed by atoms with Gasteiger partial charge in [0.25, 0.3) is 5.91 Å². The van der Waals surface area contributed by atoms with Crippen molar-refractivity contribution in [3.63, 3.8) is 0 Å². The molecule has 0 spiro atoms. The molecule has 27 heavy (non-hydrogen) atoms. The highest BCUT2D eigenvalue weighted by Crippen LogP contribution is 2.26. The highest BCUT2D eigenvalue weighted by molar-refractivity contribution is 9.10. The van der Waals surface area contributed by atoms with Crippen LogP contribution < -0.4 is 15.8 Å². The average molecular weight is 434 g/mol. The molecule has 4 N–H and O–H groups in total. The lowest BCUT2D eigenvalue weighted by Gasteiger charge is -2.10. The molecule has 0 saturated carbocycles. The SMILES string of the molecule is NCCc1ccc(OCCCNC(=O)C(Cc2ccccc2)=NO)c(Br)c1. The number of benzene rings is 2. The minimum atomic E-state index is -0.381. The van der Waals surface area contributed by atoms with Crippen LogP contribution in [-0.2, 0) is 17.6 Å². The molecule has 0 heterocycles. The first kappa shape index (κ1) is 20.9. The van der Waals surface area contributed by atoms with E-state index in [-0.39, 0.29) is 18.0 Å². The summed E-state index contributed by atoms with van der Waals surface area (Å²) in [6, 6.07) is 15.3. The highest BCUT2D eigenvalue weighted by Gasteiger charge is 2.12. The molecule has 2 aromatic rings. The van der Waals surface area contributed by atoms with E-state index < -0.39 is 0 Å². The van der Waals surface area contributed by atoms with Gasteiger partial charge in [0, 0.05) is 13.0 Å². The molecule has 0 fully saturated rings. The van der Waals surface area contributed by atoms with Crippen LogP contribution in [0.5, 0.6) is 5.75 Å². The molecular formula is C20H24BrN3O3. The first-order valence-electron chi connectivity index (χ1n) is 8.78. The van der Waals surface area contributed by atoms with Gasteiger partial charge in [-0.05, 0) is 58.6 Å². The van der Waals surface area contributed by atoms with Crippen molar-refractivity contribution >= 4 is 27.5 Å². The lowest BCUT2D eigenvalue weighted by atomic mass is 10.1. The Balaban J connectivity index is 1.72. The third kappa shape index (κ3) is 7.03. The monoisotopic (exact) mass is 433 g/mol. The number of hydrogen-bond acceptors (Lipinski definition) is 5. The van der Waals surface area contributed by atoms with Crippen LogP contribution in [0, 0.1) is 0 Å². The molecule has 0 aliphatic heterocycles. The first-order valence-corrected chi connectivity index (χ1v) is 9.57. The van der Waals surface area contributed by atoms with E-state index in [1.807, 2.05) is 48.5 Å². The minimum Gasteiger partial charge on any atom is -0.492 e. The van der Waals surface area contributed by atoms with Gasteiger partial charge in [0.05, 0.1) is 11.1 Å². The maximum absolute atomic E-state index is 12.1. The van der Waals surface area contributed by atoms with Gasteiger partial charge in [-0.15, -0.1) is 0 Å². The zero-order valence-electron chi connectivity index (χ0n) is 15.0. The maximum Gasteiger partial charge on any atom is 0.269 e. The fourth-order valence-corrected chi connectivity index (χ4v) is 3.03. The normalized spacial score (nSPS) is 11.3. The van der Waals surface area contributed by atoms with Crippen molar-refractivity contribution in [1.29, 1.82) is 0 Å². The number of rotatable bonds is 10. The van der Waals surface area contributed by atoms with Gasteiger partial charge in [-0.25, -0.2) is 0 Å². The molecule has 144 valence electrons. The van der Waals surface area contributed by atoms with E-state index in [2.05, 4.69) is 26.4 Å². The topological polar surface area (TPSA) is 96.9 Å². The lowest BCUT2D eigenvalue weighted by molar-refractivity contribution is -0.115. The molecule has 1 amide bonds. The second-order valence-electron chi connectivity index (χ2n) is 5.97. The Bertz CT molecular complexity index is 766. The number of carbonyl (C=O) groups excluding carboxylic acids is 1. The quantitative estimate of drug-likeness (QED) is 0.232. The minimum absolute atomic E-state index is 0.0837. The van der Waals surface area contributed by atoms with Crippen molar-refractivity contribution < 1.29 is 14.7 Å². The molecule has 0 unspecified atom stereocenters. The second kappa shape index (κ2) is 11.4. The number of nitrogens with one attached hydrogen (secondary N) is 1. The van der Waals surface area contributed by atoms with E-state index in [9.17, 15) is 4.79 Å². The van der Waals surface area contributed by atoms with Gasteiger partial charge in [0.2, 0.25) is 0 Å². The van der Waals surface area contributed by atoms with Crippen LogP contribution in [0.2, 0.25) is 0 Å². The third-order valence-electron chi connectivity index (χ3n) is 3.89. The van der Waals surface area contributed by atoms with Crippen LogP contribution in [-0.4, -0.2) is 36.5 Å². The van der Waals surface area contributed by atoms with E-state index in [1.54, 1.807) is 0 Å². The first-order chi connectivity index (χ1) is 13.1. The molecule has 0 aliphatic carbocycles. The molecular weight excluding hydrogens is 410 g/mol. The van der Waals surface area contributed by atoms with Crippen molar-refractivity contribution in [3.05, 3.63) is 64.1 Å². The molecule has 0 radical (unpaired) electrons. The van der Waals surface area contributed by atoms with Gasteiger partial charge >= 0.3 is 0 Å². The molecule has 0 aromatic heterocycles. The fourth-order valence-electron chi connectivity index (χ4n) is 2.49. The Labute approximate surface area is 167 Å². The third-order valence-corrected chi connectivity index (χ3v) is 4.51. The summed E-state index contributed by atoms with van der Waals surface area (Å²) < 4.78 is 6.61. The molecule has 6 nitrogen and oxygen atoms in total. The van der Waals surface area contributed by atoms with Crippen LogP contribution in [0.1, 0.15) is 17.5 Å². The second-order valence-corrected chi connectivity index (χ2v) is 6.82. The number of oxime groups is 1. The van der Waals surface area contributed by atoms with Crippen molar-refractivity contribution in [1.82, 2.24) is 5.32 Å². The highest BCUT2D eigenvalue weighted by atomic mass is 79.9. The summed E-state index contributed by atoms with van der Waals surface area (Å²) in [7, 11) is 0. The largest absolute Gasteiger partial charge is 0.492 e. The van der Waals surface area contributed by atoms with Crippen LogP contribution in [0.25, 0.3) is 0 Å². The summed E-state index contributed by atoms with van der Waals surface area (Å²) in [5.41, 5.74) is 7.70. The van der Waals surface area contributed by atoms with E-state index >= 15 is 0 Å². The number of ether oxygens (including phenoxy) is 1. The van der Waals surface area contributed by atoms with Crippen molar-refractivity contribution in [2.45, 2.75) is 19.3 Å². The Kier molecular flexibility index (Phi) is 8.80. The van der Waals surface area contributed by atoms with Crippen LogP contribution in [0.3, 0.4) is 0 Å².